The maximum absolute atomic E-state index is 11.9. The van der Waals surface area contributed by atoms with Crippen LogP contribution in [-0.2, 0) is 14.3 Å². The van der Waals surface area contributed by atoms with Crippen LogP contribution in [0, 0.1) is 5.92 Å². The lowest BCUT2D eigenvalue weighted by atomic mass is 10.1. The Hall–Kier alpha value is -2.15. The first-order valence-electron chi connectivity index (χ1n) is 5.71. The van der Waals surface area contributed by atoms with Gasteiger partial charge >= 0.3 is 11.9 Å². The maximum Gasteiger partial charge on any atom is 0.337 e. The Balaban J connectivity index is 2.35. The molecule has 1 N–H and O–H groups in total. The molecule has 2 rings (SSSR count). The first-order valence-corrected chi connectivity index (χ1v) is 6.09. The highest BCUT2D eigenvalue weighted by atomic mass is 35.5. The van der Waals surface area contributed by atoms with E-state index >= 15 is 0 Å². The molecule has 1 aromatic rings. The third kappa shape index (κ3) is 2.57. The summed E-state index contributed by atoms with van der Waals surface area (Å²) in [5.74, 6) is -2.69. The number of pyridine rings is 1. The number of carboxylic acids is 1. The van der Waals surface area contributed by atoms with E-state index in [0.717, 1.165) is 6.07 Å². The van der Waals surface area contributed by atoms with Crippen LogP contribution >= 0.6 is 11.6 Å². The second-order valence-electron chi connectivity index (χ2n) is 4.26. The Bertz CT molecular complexity index is 589. The van der Waals surface area contributed by atoms with Crippen molar-refractivity contribution < 1.29 is 24.2 Å². The minimum absolute atomic E-state index is 0.0160. The zero-order valence-corrected chi connectivity index (χ0v) is 11.3. The number of carbonyl (C=O) groups excluding carboxylic acids is 2. The van der Waals surface area contributed by atoms with Gasteiger partial charge in [0.25, 0.3) is 0 Å². The number of amides is 1. The van der Waals surface area contributed by atoms with Crippen molar-refractivity contribution in [1.82, 2.24) is 4.98 Å². The molecule has 0 aliphatic carbocycles. The quantitative estimate of drug-likeness (QED) is 0.659. The molecule has 0 spiro atoms. The van der Waals surface area contributed by atoms with Crippen LogP contribution in [0.2, 0.25) is 5.15 Å². The number of carbonyl (C=O) groups is 3. The van der Waals surface area contributed by atoms with Crippen LogP contribution < -0.4 is 4.90 Å². The molecule has 0 radical (unpaired) electrons. The van der Waals surface area contributed by atoms with E-state index in [0.29, 0.717) is 0 Å². The van der Waals surface area contributed by atoms with Gasteiger partial charge in [-0.2, -0.15) is 0 Å². The molecule has 1 aliphatic rings. The molecule has 1 aliphatic heterocycles. The summed E-state index contributed by atoms with van der Waals surface area (Å²) in [6, 6.07) is 1.16. The summed E-state index contributed by atoms with van der Waals surface area (Å²) in [5.41, 5.74) is -0.0119. The molecule has 0 saturated carbocycles. The second-order valence-corrected chi connectivity index (χ2v) is 4.65. The molecule has 1 amide bonds. The fourth-order valence-electron chi connectivity index (χ4n) is 2.07. The number of aromatic carboxylic acids is 1. The lowest BCUT2D eigenvalue weighted by Gasteiger charge is -2.18. The van der Waals surface area contributed by atoms with Crippen molar-refractivity contribution in [1.29, 1.82) is 0 Å². The van der Waals surface area contributed by atoms with Gasteiger partial charge < -0.3 is 14.7 Å². The van der Waals surface area contributed by atoms with E-state index in [9.17, 15) is 14.4 Å². The van der Waals surface area contributed by atoms with E-state index in [1.54, 1.807) is 0 Å². The van der Waals surface area contributed by atoms with Crippen molar-refractivity contribution >= 4 is 35.1 Å². The summed E-state index contributed by atoms with van der Waals surface area (Å²) < 4.78 is 4.59. The predicted octanol–water partition coefficient (Wildman–Crippen LogP) is 0.959. The van der Waals surface area contributed by atoms with Gasteiger partial charge in [-0.05, 0) is 6.07 Å². The van der Waals surface area contributed by atoms with Crippen molar-refractivity contribution in [2.24, 2.45) is 5.92 Å². The average molecular weight is 299 g/mol. The predicted molar refractivity (Wildman–Crippen MR) is 68.7 cm³/mol. The van der Waals surface area contributed by atoms with Crippen LogP contribution in [-0.4, -0.2) is 41.6 Å². The fraction of sp³-hybridized carbons (Fsp3) is 0.333. The smallest absolute Gasteiger partial charge is 0.337 e. The maximum atomic E-state index is 11.9. The molecule has 1 unspecified atom stereocenters. The van der Waals surface area contributed by atoms with Crippen LogP contribution in [0.4, 0.5) is 5.69 Å². The van der Waals surface area contributed by atoms with E-state index in [1.165, 1.54) is 18.2 Å². The molecule has 1 aromatic heterocycles. The van der Waals surface area contributed by atoms with Gasteiger partial charge in [0.1, 0.15) is 5.15 Å². The van der Waals surface area contributed by atoms with Crippen LogP contribution in [0.1, 0.15) is 16.8 Å². The minimum Gasteiger partial charge on any atom is -0.478 e. The topological polar surface area (TPSA) is 96.8 Å². The molecule has 0 aromatic carbocycles. The van der Waals surface area contributed by atoms with Gasteiger partial charge in [-0.25, -0.2) is 9.78 Å². The molecule has 1 saturated heterocycles. The number of aromatic nitrogens is 1. The van der Waals surface area contributed by atoms with E-state index < -0.39 is 17.9 Å². The number of carboxylic acid groups (broad SMARTS) is 1. The van der Waals surface area contributed by atoms with Crippen molar-refractivity contribution in [2.45, 2.75) is 6.42 Å². The molecule has 106 valence electrons. The van der Waals surface area contributed by atoms with Gasteiger partial charge in [0.15, 0.2) is 0 Å². The number of hydrogen-bond acceptors (Lipinski definition) is 5. The summed E-state index contributed by atoms with van der Waals surface area (Å²) >= 11 is 5.65. The number of esters is 1. The standard InChI is InChI=1S/C12H11ClN2O5/c1-20-12(19)6-2-10(16)15(5-6)8-4-14-9(13)3-7(8)11(17)18/h3-4,6H,2,5H2,1H3,(H,17,18). The first-order chi connectivity index (χ1) is 9.43. The van der Waals surface area contributed by atoms with Gasteiger partial charge in [0.05, 0.1) is 30.5 Å². The molecule has 2 heterocycles. The number of nitrogens with zero attached hydrogens (tertiary/aromatic N) is 2. The van der Waals surface area contributed by atoms with Crippen molar-refractivity contribution in [2.75, 3.05) is 18.6 Å². The minimum atomic E-state index is -1.22. The van der Waals surface area contributed by atoms with Crippen molar-refractivity contribution in [3.8, 4) is 0 Å². The van der Waals surface area contributed by atoms with Crippen molar-refractivity contribution in [3.05, 3.63) is 23.0 Å². The first kappa shape index (κ1) is 14.3. The normalized spacial score (nSPS) is 18.2. The molecule has 7 nitrogen and oxygen atoms in total. The highest BCUT2D eigenvalue weighted by Crippen LogP contribution is 2.29. The van der Waals surface area contributed by atoms with Crippen LogP contribution in [0.25, 0.3) is 0 Å². The monoisotopic (exact) mass is 298 g/mol. The van der Waals surface area contributed by atoms with Crippen LogP contribution in [0.3, 0.4) is 0 Å². The molecule has 1 atom stereocenters. The molecule has 8 heteroatoms. The van der Waals surface area contributed by atoms with Gasteiger partial charge in [-0.15, -0.1) is 0 Å². The molecule has 0 bridgehead atoms. The van der Waals surface area contributed by atoms with Gasteiger partial charge in [-0.1, -0.05) is 11.6 Å². The largest absolute Gasteiger partial charge is 0.478 e. The second kappa shape index (κ2) is 5.46. The number of methoxy groups -OCH3 is 1. The van der Waals surface area contributed by atoms with Gasteiger partial charge in [0, 0.05) is 13.0 Å². The number of anilines is 1. The lowest BCUT2D eigenvalue weighted by molar-refractivity contribution is -0.145. The van der Waals surface area contributed by atoms with Crippen LogP contribution in [0.5, 0.6) is 0 Å². The summed E-state index contributed by atoms with van der Waals surface area (Å²) in [4.78, 5) is 39.6. The number of rotatable bonds is 3. The highest BCUT2D eigenvalue weighted by Gasteiger charge is 2.37. The van der Waals surface area contributed by atoms with Gasteiger partial charge in [-0.3, -0.25) is 9.59 Å². The molecular formula is C12H11ClN2O5. The zero-order chi connectivity index (χ0) is 14.9. The summed E-state index contributed by atoms with van der Waals surface area (Å²) in [5, 5.41) is 9.16. The highest BCUT2D eigenvalue weighted by molar-refractivity contribution is 6.30. The Morgan fingerprint density at radius 1 is 1.55 bits per heavy atom. The van der Waals surface area contributed by atoms with Crippen molar-refractivity contribution in [3.63, 3.8) is 0 Å². The molecule has 20 heavy (non-hydrogen) atoms. The Labute approximate surface area is 119 Å². The summed E-state index contributed by atoms with van der Waals surface area (Å²) in [6.45, 7) is 0.0646. The van der Waals surface area contributed by atoms with E-state index in [2.05, 4.69) is 9.72 Å². The number of ether oxygens (including phenoxy) is 1. The lowest BCUT2D eigenvalue weighted by Crippen LogP contribution is -2.28. The Kier molecular flexibility index (Phi) is 3.89. The fourth-order valence-corrected chi connectivity index (χ4v) is 2.23. The third-order valence-electron chi connectivity index (χ3n) is 3.03. The number of halogens is 1. The van der Waals surface area contributed by atoms with Crippen LogP contribution in [0.15, 0.2) is 12.3 Å². The number of hydrogen-bond donors (Lipinski definition) is 1. The summed E-state index contributed by atoms with van der Waals surface area (Å²) in [7, 11) is 1.24. The average Bonchev–Trinajstić information content (AvgIpc) is 2.79. The zero-order valence-electron chi connectivity index (χ0n) is 10.5. The van der Waals surface area contributed by atoms with E-state index in [-0.39, 0.29) is 35.3 Å². The van der Waals surface area contributed by atoms with Gasteiger partial charge in [0.2, 0.25) is 5.91 Å². The SMILES string of the molecule is COC(=O)C1CC(=O)N(c2cnc(Cl)cc2C(=O)O)C1. The summed E-state index contributed by atoms with van der Waals surface area (Å²) in [6.07, 6.45) is 1.19. The third-order valence-corrected chi connectivity index (χ3v) is 3.24. The molecular weight excluding hydrogens is 288 g/mol. The Morgan fingerprint density at radius 2 is 2.25 bits per heavy atom. The Morgan fingerprint density at radius 3 is 2.85 bits per heavy atom. The van der Waals surface area contributed by atoms with E-state index in [4.69, 9.17) is 16.7 Å². The van der Waals surface area contributed by atoms with E-state index in [1.807, 2.05) is 0 Å². The molecule has 1 fully saturated rings.